The number of allylic oxidation sites excluding steroid dienone is 1. The minimum absolute atomic E-state index is 0.239. The topological polar surface area (TPSA) is 57.6 Å². The first kappa shape index (κ1) is 21.7. The van der Waals surface area contributed by atoms with Gasteiger partial charge in [-0.05, 0) is 38.3 Å². The Morgan fingerprint density at radius 2 is 2.16 bits per heavy atom. The van der Waals surface area contributed by atoms with Crippen molar-refractivity contribution in [2.24, 2.45) is 5.92 Å². The van der Waals surface area contributed by atoms with Crippen LogP contribution in [0.2, 0.25) is 0 Å². The first-order chi connectivity index (χ1) is 12.0. The van der Waals surface area contributed by atoms with Crippen LogP contribution in [-0.2, 0) is 9.59 Å². The molecule has 4 nitrogen and oxygen atoms in total. The molecule has 0 radical (unpaired) electrons. The van der Waals surface area contributed by atoms with Crippen LogP contribution in [0.3, 0.4) is 0 Å². The molecule has 0 aromatic rings. The number of carbonyl (C=O) groups is 2. The normalized spacial score (nSPS) is 19.8. The van der Waals surface area contributed by atoms with Crippen LogP contribution in [0.5, 0.6) is 0 Å². The quantitative estimate of drug-likeness (QED) is 0.261. The van der Waals surface area contributed by atoms with Gasteiger partial charge in [-0.25, -0.2) is 0 Å². The molecule has 0 spiro atoms. The number of unbranched alkanes of at least 4 members (excludes halogenated alkanes) is 3. The van der Waals surface area contributed by atoms with E-state index < -0.39 is 5.97 Å². The zero-order valence-corrected chi connectivity index (χ0v) is 16.6. The summed E-state index contributed by atoms with van der Waals surface area (Å²) >= 11 is 0. The molecule has 0 aromatic carbocycles. The zero-order valence-electron chi connectivity index (χ0n) is 15.6. The summed E-state index contributed by atoms with van der Waals surface area (Å²) in [5.74, 6) is 6.15. The molecule has 0 aromatic heterocycles. The van der Waals surface area contributed by atoms with Gasteiger partial charge in [-0.1, -0.05) is 31.9 Å². The van der Waals surface area contributed by atoms with Gasteiger partial charge in [0.1, 0.15) is 0 Å². The minimum atomic E-state index is -0.725. The third-order valence-electron chi connectivity index (χ3n) is 4.41. The lowest BCUT2D eigenvalue weighted by Gasteiger charge is -2.34. The van der Waals surface area contributed by atoms with Crippen LogP contribution in [0, 0.1) is 17.8 Å². The average Bonchev–Trinajstić information content (AvgIpc) is 2.57. The number of rotatable bonds is 11. The highest BCUT2D eigenvalue weighted by molar-refractivity contribution is 7.39. The third-order valence-corrected chi connectivity index (χ3v) is 5.67. The minimum Gasteiger partial charge on any atom is -0.481 e. The summed E-state index contributed by atoms with van der Waals surface area (Å²) < 4.78 is 0. The smallest absolute Gasteiger partial charge is 0.303 e. The maximum Gasteiger partial charge on any atom is 0.303 e. The predicted molar refractivity (Wildman–Crippen MR) is 105 cm³/mol. The van der Waals surface area contributed by atoms with Crippen LogP contribution in [-0.4, -0.2) is 46.8 Å². The Morgan fingerprint density at radius 1 is 1.40 bits per heavy atom. The Hall–Kier alpha value is -1.33. The van der Waals surface area contributed by atoms with Crippen molar-refractivity contribution < 1.29 is 14.7 Å². The second-order valence-electron chi connectivity index (χ2n) is 6.74. The van der Waals surface area contributed by atoms with E-state index in [0.29, 0.717) is 12.1 Å². The number of hydrogen-bond donors (Lipinski definition) is 1. The predicted octanol–water partition coefficient (Wildman–Crippen LogP) is 3.91. The summed E-state index contributed by atoms with van der Waals surface area (Å²) in [4.78, 5) is 24.8. The number of amides is 1. The molecule has 5 heteroatoms. The molecule has 3 unspecified atom stereocenters. The van der Waals surface area contributed by atoms with Crippen molar-refractivity contribution in [3.8, 4) is 11.8 Å². The van der Waals surface area contributed by atoms with E-state index in [1.165, 1.54) is 0 Å². The van der Waals surface area contributed by atoms with Crippen molar-refractivity contribution in [3.63, 3.8) is 0 Å². The molecule has 1 saturated heterocycles. The summed E-state index contributed by atoms with van der Waals surface area (Å²) in [6.45, 7) is 4.87. The monoisotopic (exact) mass is 365 g/mol. The second-order valence-corrected chi connectivity index (χ2v) is 8.01. The number of hydrogen-bond acceptors (Lipinski definition) is 2. The van der Waals surface area contributed by atoms with Crippen LogP contribution in [0.4, 0.5) is 0 Å². The fourth-order valence-electron chi connectivity index (χ4n) is 2.93. The Kier molecular flexibility index (Phi) is 11.2. The fourth-order valence-corrected chi connectivity index (χ4v) is 4.14. The van der Waals surface area contributed by atoms with Crippen LogP contribution in [0.25, 0.3) is 0 Å². The van der Waals surface area contributed by atoms with Gasteiger partial charge < -0.3 is 10.0 Å². The Balaban J connectivity index is 2.37. The van der Waals surface area contributed by atoms with E-state index in [2.05, 4.69) is 30.9 Å². The van der Waals surface area contributed by atoms with Gasteiger partial charge in [0.15, 0.2) is 0 Å². The largest absolute Gasteiger partial charge is 0.481 e. The molecular weight excluding hydrogens is 333 g/mol. The zero-order chi connectivity index (χ0) is 18.5. The van der Waals surface area contributed by atoms with Gasteiger partial charge in [0, 0.05) is 25.5 Å². The third kappa shape index (κ3) is 9.66. The maximum absolute atomic E-state index is 12.3. The van der Waals surface area contributed by atoms with Crippen LogP contribution in [0.15, 0.2) is 12.2 Å². The molecule has 1 rings (SSSR count). The lowest BCUT2D eigenvalue weighted by Crippen LogP contribution is -2.45. The first-order valence-corrected chi connectivity index (χ1v) is 10.7. The van der Waals surface area contributed by atoms with E-state index in [9.17, 15) is 9.59 Å². The molecule has 0 saturated carbocycles. The van der Waals surface area contributed by atoms with Crippen molar-refractivity contribution in [2.45, 2.75) is 64.8 Å². The van der Waals surface area contributed by atoms with Crippen molar-refractivity contribution in [1.82, 2.24) is 4.90 Å². The Morgan fingerprint density at radius 3 is 2.88 bits per heavy atom. The number of aliphatic carboxylic acids is 1. The van der Waals surface area contributed by atoms with E-state index in [-0.39, 0.29) is 18.4 Å². The average molecular weight is 365 g/mol. The van der Waals surface area contributed by atoms with Crippen LogP contribution < -0.4 is 0 Å². The van der Waals surface area contributed by atoms with Gasteiger partial charge >= 0.3 is 5.97 Å². The molecule has 1 heterocycles. The van der Waals surface area contributed by atoms with Crippen molar-refractivity contribution in [3.05, 3.63) is 12.2 Å². The van der Waals surface area contributed by atoms with E-state index in [1.54, 1.807) is 0 Å². The van der Waals surface area contributed by atoms with Crippen molar-refractivity contribution in [1.29, 1.82) is 0 Å². The number of nitrogens with zero attached hydrogens (tertiary/aromatic N) is 1. The SMILES string of the molecule is CC#CCC(C)C/C=C/C1CPCC(=O)N1CCCCCCC(=O)O. The van der Waals surface area contributed by atoms with Crippen molar-refractivity contribution >= 4 is 20.5 Å². The van der Waals surface area contributed by atoms with Gasteiger partial charge in [-0.15, -0.1) is 20.4 Å². The van der Waals surface area contributed by atoms with Gasteiger partial charge in [-0.3, -0.25) is 9.59 Å². The molecule has 0 bridgehead atoms. The number of carboxylic acids is 1. The molecule has 1 fully saturated rings. The summed E-state index contributed by atoms with van der Waals surface area (Å²) in [5.41, 5.74) is 0. The maximum atomic E-state index is 12.3. The molecule has 0 aliphatic carbocycles. The van der Waals surface area contributed by atoms with Gasteiger partial charge in [0.25, 0.3) is 0 Å². The second kappa shape index (κ2) is 13.0. The molecule has 140 valence electrons. The van der Waals surface area contributed by atoms with Gasteiger partial charge in [0.2, 0.25) is 5.91 Å². The van der Waals surface area contributed by atoms with Crippen LogP contribution in [0.1, 0.15) is 58.8 Å². The summed E-state index contributed by atoms with van der Waals surface area (Å²) in [6.07, 6.45) is 12.0. The molecule has 1 amide bonds. The summed E-state index contributed by atoms with van der Waals surface area (Å²) in [5, 5.41) is 8.65. The highest BCUT2D eigenvalue weighted by Gasteiger charge is 2.25. The van der Waals surface area contributed by atoms with E-state index in [4.69, 9.17) is 5.11 Å². The summed E-state index contributed by atoms with van der Waals surface area (Å²) in [6, 6.07) is 0.239. The fraction of sp³-hybridized carbons (Fsp3) is 0.700. The standard InChI is InChI=1S/C20H32NO3P/c1-3-4-10-17(2)11-9-12-18-15-25-16-19(22)21(18)14-8-6-5-7-13-20(23)24/h9,12,17-18,25H,5-8,10-11,13-16H2,1-2H3,(H,23,24)/b12-9+. The first-order valence-electron chi connectivity index (χ1n) is 9.32. The highest BCUT2D eigenvalue weighted by Crippen LogP contribution is 2.24. The molecule has 25 heavy (non-hydrogen) atoms. The van der Waals surface area contributed by atoms with Crippen LogP contribution >= 0.6 is 8.58 Å². The molecule has 1 N–H and O–H groups in total. The number of carbonyl (C=O) groups excluding carboxylic acids is 1. The highest BCUT2D eigenvalue weighted by atomic mass is 31.1. The molecular formula is C20H32NO3P. The van der Waals surface area contributed by atoms with Gasteiger partial charge in [-0.2, -0.15) is 0 Å². The van der Waals surface area contributed by atoms with Gasteiger partial charge in [0.05, 0.1) is 6.04 Å². The molecule has 1 aliphatic rings. The van der Waals surface area contributed by atoms with E-state index in [1.807, 2.05) is 11.8 Å². The number of carboxylic acid groups (broad SMARTS) is 1. The Labute approximate surface area is 154 Å². The molecule has 1 aliphatic heterocycles. The lowest BCUT2D eigenvalue weighted by molar-refractivity contribution is -0.137. The molecule has 3 atom stereocenters. The van der Waals surface area contributed by atoms with Crippen molar-refractivity contribution in [2.75, 3.05) is 18.9 Å². The van der Waals surface area contributed by atoms with E-state index >= 15 is 0 Å². The Bertz CT molecular complexity index is 507. The lowest BCUT2D eigenvalue weighted by atomic mass is 10.0. The van der Waals surface area contributed by atoms with E-state index in [0.717, 1.165) is 59.8 Å². The summed E-state index contributed by atoms with van der Waals surface area (Å²) in [7, 11) is 0.727.